The maximum atomic E-state index is 12.0. The van der Waals surface area contributed by atoms with E-state index >= 15 is 0 Å². The Morgan fingerprint density at radius 3 is 2.31 bits per heavy atom. The largest absolute Gasteiger partial charge is 1.00 e. The zero-order valence-corrected chi connectivity index (χ0v) is 18.3. The van der Waals surface area contributed by atoms with Gasteiger partial charge in [0.2, 0.25) is 4.80 Å². The predicted molar refractivity (Wildman–Crippen MR) is 94.2 cm³/mol. The van der Waals surface area contributed by atoms with Crippen molar-refractivity contribution in [3.8, 4) is 0 Å². The zero-order valence-electron chi connectivity index (χ0n) is 14.9. The molecule has 134 valence electrons. The first-order valence-corrected chi connectivity index (χ1v) is 10.5. The van der Waals surface area contributed by atoms with Crippen LogP contribution in [-0.4, -0.2) is 21.4 Å². The Balaban J connectivity index is 0.00000182. The summed E-state index contributed by atoms with van der Waals surface area (Å²) < 4.78 is 54.6. The van der Waals surface area contributed by atoms with Crippen LogP contribution >= 0.6 is 11.3 Å². The molecule has 26 heavy (non-hydrogen) atoms. The number of para-hydroxylation sites is 1. The van der Waals surface area contributed by atoms with E-state index in [0.29, 0.717) is 4.80 Å². The molecular weight excluding hydrogens is 409 g/mol. The van der Waals surface area contributed by atoms with Crippen molar-refractivity contribution in [2.24, 2.45) is 12.1 Å². The average molecular weight is 423 g/mol. The van der Waals surface area contributed by atoms with Gasteiger partial charge in [-0.3, -0.25) is 0 Å². The number of fused-ring (bicyclic) bond motifs is 1. The zero-order chi connectivity index (χ0) is 18.1. The van der Waals surface area contributed by atoms with Gasteiger partial charge in [0, 0.05) is 7.05 Å². The van der Waals surface area contributed by atoms with Crippen LogP contribution in [0, 0.1) is 0 Å². The molecule has 0 bridgehead atoms. The van der Waals surface area contributed by atoms with Crippen molar-refractivity contribution in [3.63, 3.8) is 0 Å². The molecule has 0 unspecified atom stereocenters. The number of nitrogens with zero attached hydrogens (tertiary/aromatic N) is 2. The summed E-state index contributed by atoms with van der Waals surface area (Å²) in [7, 11) is -7.41. The van der Waals surface area contributed by atoms with E-state index in [2.05, 4.69) is 8.73 Å². The number of nitrogens with one attached hydrogen (secondary N) is 1. The van der Waals surface area contributed by atoms with Crippen LogP contribution in [-0.2, 0) is 31.1 Å². The standard InChI is InChI=1S/C14H13N3O5S3.Na.H/c1-17-12-9-5-6-10-13(12)23-14(17)15-16-25(20,21)22-24(18,19)11-7-3-2-4-8-11;;/h2-10,16H,1H3;;/q;+1;-1. The number of thiazole rings is 1. The molecular formula is C14H14N3NaO5S3. The van der Waals surface area contributed by atoms with Crippen LogP contribution in [0.15, 0.2) is 64.6 Å². The van der Waals surface area contributed by atoms with Gasteiger partial charge < -0.3 is 5.99 Å². The van der Waals surface area contributed by atoms with E-state index in [4.69, 9.17) is 0 Å². The molecule has 1 N–H and O–H groups in total. The van der Waals surface area contributed by atoms with Crippen LogP contribution in [0.25, 0.3) is 10.2 Å². The number of aryl methyl sites for hydroxylation is 1. The second-order valence-electron chi connectivity index (χ2n) is 4.90. The first kappa shape index (κ1) is 21.1. The normalized spacial score (nSPS) is 12.7. The fraction of sp³-hybridized carbons (Fsp3) is 0.0714. The molecule has 0 atom stereocenters. The minimum Gasteiger partial charge on any atom is -1.00 e. The Morgan fingerprint density at radius 1 is 1.04 bits per heavy atom. The first-order chi connectivity index (χ1) is 11.8. The van der Waals surface area contributed by atoms with Crippen molar-refractivity contribution in [3.05, 3.63) is 59.4 Å². The predicted octanol–water partition coefficient (Wildman–Crippen LogP) is -1.59. The van der Waals surface area contributed by atoms with Crippen LogP contribution in [0.3, 0.4) is 0 Å². The van der Waals surface area contributed by atoms with E-state index in [0.717, 1.165) is 10.2 Å². The van der Waals surface area contributed by atoms with Crippen LogP contribution in [0.5, 0.6) is 0 Å². The Bertz CT molecular complexity index is 1190. The summed E-state index contributed by atoms with van der Waals surface area (Å²) >= 11 is 1.24. The van der Waals surface area contributed by atoms with E-state index in [-0.39, 0.29) is 35.9 Å². The molecule has 0 aliphatic rings. The Morgan fingerprint density at radius 2 is 1.65 bits per heavy atom. The third-order valence-corrected chi connectivity index (χ3v) is 6.89. The minimum absolute atomic E-state index is 0. The Labute approximate surface area is 178 Å². The van der Waals surface area contributed by atoms with E-state index < -0.39 is 20.4 Å². The van der Waals surface area contributed by atoms with Gasteiger partial charge in [-0.2, -0.15) is 21.7 Å². The molecule has 0 aliphatic carbocycles. The summed E-state index contributed by atoms with van der Waals surface area (Å²) in [6, 6.07) is 14.4. The van der Waals surface area contributed by atoms with Gasteiger partial charge in [0.05, 0.1) is 15.1 Å². The molecule has 3 rings (SSSR count). The fourth-order valence-electron chi connectivity index (χ4n) is 2.04. The molecule has 0 fully saturated rings. The molecule has 3 aromatic rings. The van der Waals surface area contributed by atoms with Gasteiger partial charge in [-0.25, -0.2) is 0 Å². The van der Waals surface area contributed by atoms with Crippen molar-refractivity contribution >= 4 is 42.0 Å². The maximum absolute atomic E-state index is 12.0. The average Bonchev–Trinajstić information content (AvgIpc) is 2.90. The summed E-state index contributed by atoms with van der Waals surface area (Å²) in [5.41, 5.74) is 0.864. The quantitative estimate of drug-likeness (QED) is 0.394. The molecule has 1 aromatic heterocycles. The molecule has 0 spiro atoms. The summed E-state index contributed by atoms with van der Waals surface area (Å²) in [5.74, 6) is 0. The topological polar surface area (TPSA) is 107 Å². The smallest absolute Gasteiger partial charge is 1.00 e. The second kappa shape index (κ2) is 8.21. The van der Waals surface area contributed by atoms with E-state index in [9.17, 15) is 16.8 Å². The molecule has 0 amide bonds. The molecule has 0 saturated heterocycles. The molecule has 1 heterocycles. The molecule has 12 heteroatoms. The first-order valence-electron chi connectivity index (χ1n) is 6.90. The molecule has 2 aromatic carbocycles. The van der Waals surface area contributed by atoms with Crippen LogP contribution in [0.2, 0.25) is 0 Å². The Kier molecular flexibility index (Phi) is 6.66. The number of hydrogen-bond acceptors (Lipinski definition) is 7. The minimum atomic E-state index is -4.65. The summed E-state index contributed by atoms with van der Waals surface area (Å²) in [6.45, 7) is 0. The van der Waals surface area contributed by atoms with E-state index in [1.54, 1.807) is 22.5 Å². The van der Waals surface area contributed by atoms with Crippen molar-refractivity contribution in [1.82, 2.24) is 9.40 Å². The number of hydrogen-bond donors (Lipinski definition) is 1. The SMILES string of the molecule is Cn1c(=NNS(=O)(=O)OS(=O)(=O)c2ccccc2)sc2ccccc21.[H-].[Na+]. The van der Waals surface area contributed by atoms with Crippen LogP contribution < -0.4 is 39.2 Å². The maximum Gasteiger partial charge on any atom is 1.00 e. The van der Waals surface area contributed by atoms with Gasteiger partial charge in [-0.1, -0.05) is 41.7 Å². The third-order valence-electron chi connectivity index (χ3n) is 3.18. The van der Waals surface area contributed by atoms with Gasteiger partial charge >= 0.3 is 50.0 Å². The summed E-state index contributed by atoms with van der Waals surface area (Å²) in [4.78, 5) is 1.86. The van der Waals surface area contributed by atoms with Crippen molar-refractivity contribution in [2.45, 2.75) is 4.90 Å². The summed E-state index contributed by atoms with van der Waals surface area (Å²) in [5, 5.41) is 3.75. The van der Waals surface area contributed by atoms with Gasteiger partial charge in [-0.05, 0) is 24.3 Å². The van der Waals surface area contributed by atoms with Gasteiger partial charge in [-0.15, -0.1) is 8.73 Å². The van der Waals surface area contributed by atoms with Crippen molar-refractivity contribution in [2.75, 3.05) is 0 Å². The fourth-order valence-corrected chi connectivity index (χ4v) is 5.15. The molecule has 0 saturated carbocycles. The van der Waals surface area contributed by atoms with Gasteiger partial charge in [0.25, 0.3) is 0 Å². The van der Waals surface area contributed by atoms with Crippen LogP contribution in [0.4, 0.5) is 0 Å². The molecule has 0 radical (unpaired) electrons. The molecule has 0 aliphatic heterocycles. The number of rotatable bonds is 5. The monoisotopic (exact) mass is 423 g/mol. The van der Waals surface area contributed by atoms with Gasteiger partial charge in [0.1, 0.15) is 0 Å². The van der Waals surface area contributed by atoms with Crippen molar-refractivity contribution < 1.29 is 51.4 Å². The van der Waals surface area contributed by atoms with E-state index in [1.165, 1.54) is 35.6 Å². The van der Waals surface area contributed by atoms with Gasteiger partial charge in [0.15, 0.2) is 0 Å². The van der Waals surface area contributed by atoms with E-state index in [1.807, 2.05) is 24.3 Å². The third kappa shape index (κ3) is 4.74. The Hall–Kier alpha value is -1.21. The number of benzene rings is 2. The van der Waals surface area contributed by atoms with Crippen LogP contribution in [0.1, 0.15) is 1.43 Å². The second-order valence-corrected chi connectivity index (χ2v) is 8.93. The summed E-state index contributed by atoms with van der Waals surface area (Å²) in [6.07, 6.45) is 0. The van der Waals surface area contributed by atoms with Crippen molar-refractivity contribution in [1.29, 1.82) is 0 Å². The molecule has 8 nitrogen and oxygen atoms in total. The number of aromatic nitrogens is 1.